The highest BCUT2D eigenvalue weighted by Crippen LogP contribution is 2.06. The molecule has 0 radical (unpaired) electrons. The number of carbonyl (C=O) groups is 1. The van der Waals surface area contributed by atoms with Crippen LogP contribution < -0.4 is 8.99 Å². The molecule has 1 aromatic carbocycles. The predicted octanol–water partition coefficient (Wildman–Crippen LogP) is 0.991. The number of nitroso groups, excluding NO2 is 1. The van der Waals surface area contributed by atoms with Gasteiger partial charge in [-0.15, -0.1) is 10.0 Å². The molecule has 0 saturated carbocycles. The molecule has 0 bridgehead atoms. The topological polar surface area (TPSA) is 107 Å². The molecule has 7 nitrogen and oxygen atoms in total. The molecule has 0 saturated heterocycles. The second kappa shape index (κ2) is 8.30. The molecule has 0 aliphatic rings. The summed E-state index contributed by atoms with van der Waals surface area (Å²) in [5, 5.41) is 5.72. The van der Waals surface area contributed by atoms with Crippen LogP contribution in [-0.2, 0) is 11.3 Å². The summed E-state index contributed by atoms with van der Waals surface area (Å²) in [5.41, 5.74) is 8.95. The van der Waals surface area contributed by atoms with Gasteiger partial charge in [-0.1, -0.05) is 29.7 Å². The fourth-order valence-electron chi connectivity index (χ4n) is 1.36. The number of halogens is 1. The third-order valence-corrected chi connectivity index (χ3v) is 2.88. The van der Waals surface area contributed by atoms with Gasteiger partial charge in [0.15, 0.2) is 5.84 Å². The highest BCUT2D eigenvalue weighted by atomic mass is 127. The maximum atomic E-state index is 11.5. The second-order valence-electron chi connectivity index (χ2n) is 3.81. The van der Waals surface area contributed by atoms with Crippen molar-refractivity contribution in [3.05, 3.63) is 46.5 Å². The summed E-state index contributed by atoms with van der Waals surface area (Å²) in [4.78, 5) is 25.9. The van der Waals surface area contributed by atoms with E-state index in [1.807, 2.05) is 32.1 Å². The molecule has 20 heavy (non-hydrogen) atoms. The van der Waals surface area contributed by atoms with Crippen molar-refractivity contribution in [3.63, 3.8) is 0 Å². The summed E-state index contributed by atoms with van der Waals surface area (Å²) in [6, 6.07) is 7.65. The monoisotopic (exact) mass is 383 g/mol. The quantitative estimate of drug-likeness (QED) is 0.116. The number of nitrogens with zero attached hydrogens (tertiary/aromatic N) is 3. The van der Waals surface area contributed by atoms with Crippen LogP contribution in [0.5, 0.6) is 0 Å². The molecular formula is C11H11BIN5O2. The number of aliphatic imine (C=N–C) groups is 1. The molecule has 1 aromatic rings. The highest BCUT2D eigenvalue weighted by Gasteiger charge is 2.15. The Morgan fingerprint density at radius 2 is 2.05 bits per heavy atom. The van der Waals surface area contributed by atoms with Gasteiger partial charge in [0, 0.05) is 0 Å². The van der Waals surface area contributed by atoms with Crippen LogP contribution in [0.3, 0.4) is 0 Å². The summed E-state index contributed by atoms with van der Waals surface area (Å²) in [7, 11) is 1.97. The summed E-state index contributed by atoms with van der Waals surface area (Å²) in [6.07, 6.45) is 0.792. The lowest BCUT2D eigenvalue weighted by Crippen LogP contribution is -2.20. The standard InChI is InChI=1S/C11H11BIN5O2/c12-8-3-1-7(2-4-8)5-15-10(18-14)9(6-16-20)11(19)17-13/h1-4,6,14H,5,12H2,(H,17,19)/b9-6-,15-10?,18-14?. The van der Waals surface area contributed by atoms with E-state index >= 15 is 0 Å². The third kappa shape index (κ3) is 4.65. The van der Waals surface area contributed by atoms with Gasteiger partial charge in [-0.3, -0.25) is 13.3 Å². The van der Waals surface area contributed by atoms with Crippen LogP contribution in [0.1, 0.15) is 5.56 Å². The fourth-order valence-corrected chi connectivity index (χ4v) is 1.65. The Bertz CT molecular complexity index is 571. The van der Waals surface area contributed by atoms with Crippen molar-refractivity contribution < 1.29 is 4.79 Å². The minimum atomic E-state index is -0.580. The number of amides is 1. The Morgan fingerprint density at radius 1 is 1.40 bits per heavy atom. The molecule has 2 N–H and O–H groups in total. The Labute approximate surface area is 130 Å². The molecule has 0 aromatic heterocycles. The summed E-state index contributed by atoms with van der Waals surface area (Å²) in [6.45, 7) is 0.253. The van der Waals surface area contributed by atoms with Crippen LogP contribution in [0, 0.1) is 10.4 Å². The van der Waals surface area contributed by atoms with E-state index in [9.17, 15) is 9.70 Å². The molecule has 1 amide bonds. The van der Waals surface area contributed by atoms with Gasteiger partial charge in [-0.05, 0) is 10.7 Å². The highest BCUT2D eigenvalue weighted by molar-refractivity contribution is 14.1. The first-order chi connectivity index (χ1) is 9.62. The maximum Gasteiger partial charge on any atom is 0.265 e. The van der Waals surface area contributed by atoms with Gasteiger partial charge in [0.25, 0.3) is 5.91 Å². The Morgan fingerprint density at radius 3 is 2.55 bits per heavy atom. The Hall–Kier alpha value is -1.91. The van der Waals surface area contributed by atoms with Gasteiger partial charge in [-0.25, -0.2) is 5.53 Å². The van der Waals surface area contributed by atoms with Crippen LogP contribution in [0.25, 0.3) is 0 Å². The fraction of sp³-hybridized carbons (Fsp3) is 0.0909. The average molecular weight is 383 g/mol. The van der Waals surface area contributed by atoms with E-state index in [0.717, 1.165) is 17.2 Å². The first-order valence-electron chi connectivity index (χ1n) is 5.53. The summed E-state index contributed by atoms with van der Waals surface area (Å²) < 4.78 is 2.31. The van der Waals surface area contributed by atoms with Crippen molar-refractivity contribution in [1.82, 2.24) is 3.53 Å². The van der Waals surface area contributed by atoms with E-state index in [1.165, 1.54) is 0 Å². The molecule has 0 heterocycles. The molecule has 0 atom stereocenters. The van der Waals surface area contributed by atoms with E-state index in [2.05, 4.69) is 18.8 Å². The van der Waals surface area contributed by atoms with Crippen molar-refractivity contribution in [2.24, 2.45) is 15.3 Å². The zero-order valence-corrected chi connectivity index (χ0v) is 12.8. The molecule has 0 aliphatic carbocycles. The van der Waals surface area contributed by atoms with E-state index in [-0.39, 0.29) is 18.0 Å². The predicted molar refractivity (Wildman–Crippen MR) is 86.9 cm³/mol. The number of rotatable bonds is 5. The molecule has 9 heteroatoms. The maximum absolute atomic E-state index is 11.5. The number of hydrogen-bond donors (Lipinski definition) is 2. The van der Waals surface area contributed by atoms with Crippen LogP contribution >= 0.6 is 22.9 Å². The molecule has 0 aliphatic heterocycles. The van der Waals surface area contributed by atoms with Crippen LogP contribution in [-0.4, -0.2) is 19.6 Å². The van der Waals surface area contributed by atoms with Gasteiger partial charge >= 0.3 is 0 Å². The van der Waals surface area contributed by atoms with Crippen LogP contribution in [0.2, 0.25) is 0 Å². The third-order valence-electron chi connectivity index (χ3n) is 2.39. The SMILES string of the molecule is Bc1ccc(CN=C(N=N)/C(=C/N=O)C(=O)NI)cc1. The van der Waals surface area contributed by atoms with Crippen molar-refractivity contribution in [3.8, 4) is 0 Å². The molecule has 0 unspecified atom stereocenters. The molecule has 0 fully saturated rings. The first-order valence-corrected chi connectivity index (χ1v) is 6.61. The minimum absolute atomic E-state index is 0.139. The van der Waals surface area contributed by atoms with Gasteiger partial charge in [0.1, 0.15) is 13.4 Å². The second-order valence-corrected chi connectivity index (χ2v) is 4.35. The van der Waals surface area contributed by atoms with Gasteiger partial charge in [-0.2, -0.15) is 0 Å². The van der Waals surface area contributed by atoms with Crippen molar-refractivity contribution in [2.75, 3.05) is 0 Å². The van der Waals surface area contributed by atoms with E-state index in [0.29, 0.717) is 0 Å². The number of amidine groups is 1. The lowest BCUT2D eigenvalue weighted by atomic mass is 9.95. The largest absolute Gasteiger partial charge is 0.294 e. The zero-order chi connectivity index (χ0) is 15.0. The van der Waals surface area contributed by atoms with Gasteiger partial charge in [0.05, 0.1) is 35.6 Å². The summed E-state index contributed by atoms with van der Waals surface area (Å²) >= 11 is 1.62. The molecule has 102 valence electrons. The van der Waals surface area contributed by atoms with Crippen molar-refractivity contribution in [1.29, 1.82) is 5.53 Å². The average Bonchev–Trinajstić information content (AvgIpc) is 2.47. The number of benzene rings is 1. The Kier molecular flexibility index (Phi) is 6.70. The van der Waals surface area contributed by atoms with Crippen molar-refractivity contribution >= 4 is 47.9 Å². The van der Waals surface area contributed by atoms with E-state index in [4.69, 9.17) is 5.53 Å². The smallest absolute Gasteiger partial charge is 0.265 e. The minimum Gasteiger partial charge on any atom is -0.294 e. The van der Waals surface area contributed by atoms with Crippen LogP contribution in [0.4, 0.5) is 0 Å². The van der Waals surface area contributed by atoms with E-state index < -0.39 is 5.91 Å². The molecule has 0 spiro atoms. The zero-order valence-electron chi connectivity index (χ0n) is 10.6. The first kappa shape index (κ1) is 16.2. The lowest BCUT2D eigenvalue weighted by Gasteiger charge is -2.03. The Balaban J connectivity index is 2.98. The summed E-state index contributed by atoms with van der Waals surface area (Å²) in [5.74, 6) is -0.719. The van der Waals surface area contributed by atoms with Gasteiger partial charge < -0.3 is 0 Å². The number of carbonyl (C=O) groups excluding carboxylic acids is 1. The van der Waals surface area contributed by atoms with E-state index in [1.54, 1.807) is 22.9 Å². The normalized spacial score (nSPS) is 11.8. The van der Waals surface area contributed by atoms with Gasteiger partial charge in [0.2, 0.25) is 0 Å². The van der Waals surface area contributed by atoms with Crippen LogP contribution in [0.15, 0.2) is 51.3 Å². The molecular weight excluding hydrogens is 372 g/mol. The number of hydrogen-bond acceptors (Lipinski definition) is 5. The number of nitrogens with one attached hydrogen (secondary N) is 2. The molecule has 1 rings (SSSR count). The van der Waals surface area contributed by atoms with Crippen molar-refractivity contribution in [2.45, 2.75) is 6.54 Å². The lowest BCUT2D eigenvalue weighted by molar-refractivity contribution is -0.114.